The second kappa shape index (κ2) is 9.49. The maximum Gasteiger partial charge on any atom is 0.335 e. The highest BCUT2D eigenvalue weighted by molar-refractivity contribution is 6.35. The Balaban J connectivity index is 1.30. The van der Waals surface area contributed by atoms with Gasteiger partial charge in [-0.05, 0) is 47.9 Å². The van der Waals surface area contributed by atoms with Crippen molar-refractivity contribution in [3.63, 3.8) is 0 Å². The summed E-state index contributed by atoms with van der Waals surface area (Å²) in [5, 5.41) is 9.85. The molecular formula is C33H30ClN3O3. The normalized spacial score (nSPS) is 20.1. The highest BCUT2D eigenvalue weighted by atomic mass is 35.5. The first-order valence-corrected chi connectivity index (χ1v) is 13.7. The number of rotatable bonds is 4. The van der Waals surface area contributed by atoms with Gasteiger partial charge in [0, 0.05) is 29.5 Å². The molecule has 0 saturated heterocycles. The van der Waals surface area contributed by atoms with Crippen molar-refractivity contribution < 1.29 is 14.7 Å². The Morgan fingerprint density at radius 2 is 1.73 bits per heavy atom. The number of allylic oxidation sites excluding steroid dienone is 2. The van der Waals surface area contributed by atoms with Gasteiger partial charge in [0.15, 0.2) is 0 Å². The van der Waals surface area contributed by atoms with Crippen molar-refractivity contribution in [3.8, 4) is 11.4 Å². The molecule has 40 heavy (non-hydrogen) atoms. The minimum absolute atomic E-state index is 0.0319. The molecule has 1 aliphatic carbocycles. The van der Waals surface area contributed by atoms with Gasteiger partial charge in [-0.2, -0.15) is 0 Å². The number of hydrogen-bond acceptors (Lipinski definition) is 3. The highest BCUT2D eigenvalue weighted by Crippen LogP contribution is 2.55. The molecule has 6 rings (SSSR count). The SMILES string of the molecule is CC1(C)C(c2ccc(C(=O)O)cc2)=CC[C@]2(C)CN(C(=O)c3ccccc3-c3nc4c(Cl)cccc4[nH]3)CC=C12. The molecule has 1 aliphatic heterocycles. The van der Waals surface area contributed by atoms with E-state index in [4.69, 9.17) is 16.6 Å². The van der Waals surface area contributed by atoms with Gasteiger partial charge < -0.3 is 15.0 Å². The maximum absolute atomic E-state index is 14.0. The van der Waals surface area contributed by atoms with E-state index in [0.29, 0.717) is 35.0 Å². The van der Waals surface area contributed by atoms with Gasteiger partial charge in [0.1, 0.15) is 11.3 Å². The molecule has 0 unspecified atom stereocenters. The molecule has 2 N–H and O–H groups in total. The molecule has 1 aromatic heterocycles. The molecule has 0 bridgehead atoms. The molecular weight excluding hydrogens is 522 g/mol. The van der Waals surface area contributed by atoms with Crippen molar-refractivity contribution in [2.24, 2.45) is 10.8 Å². The highest BCUT2D eigenvalue weighted by Gasteiger charge is 2.46. The van der Waals surface area contributed by atoms with Gasteiger partial charge in [0.25, 0.3) is 5.91 Å². The summed E-state index contributed by atoms with van der Waals surface area (Å²) in [5.41, 5.74) is 6.17. The van der Waals surface area contributed by atoms with Crippen LogP contribution in [0.4, 0.5) is 0 Å². The fraction of sp³-hybridized carbons (Fsp3) is 0.242. The number of aromatic amines is 1. The smallest absolute Gasteiger partial charge is 0.335 e. The van der Waals surface area contributed by atoms with Crippen LogP contribution in [0, 0.1) is 10.8 Å². The first-order chi connectivity index (χ1) is 19.1. The largest absolute Gasteiger partial charge is 0.478 e. The van der Waals surface area contributed by atoms with E-state index < -0.39 is 5.97 Å². The van der Waals surface area contributed by atoms with Crippen LogP contribution in [-0.2, 0) is 0 Å². The van der Waals surface area contributed by atoms with Crippen LogP contribution in [0.1, 0.15) is 53.5 Å². The molecule has 2 heterocycles. The van der Waals surface area contributed by atoms with E-state index in [9.17, 15) is 14.7 Å². The monoisotopic (exact) mass is 551 g/mol. The number of H-pyrrole nitrogens is 1. The van der Waals surface area contributed by atoms with Crippen molar-refractivity contribution in [1.29, 1.82) is 0 Å². The van der Waals surface area contributed by atoms with Crippen LogP contribution < -0.4 is 0 Å². The molecule has 4 aromatic rings. The van der Waals surface area contributed by atoms with Crippen LogP contribution in [0.2, 0.25) is 5.02 Å². The van der Waals surface area contributed by atoms with Crippen LogP contribution >= 0.6 is 11.6 Å². The average Bonchev–Trinajstić information content (AvgIpc) is 3.38. The lowest BCUT2D eigenvalue weighted by atomic mass is 9.58. The van der Waals surface area contributed by atoms with Gasteiger partial charge in [-0.25, -0.2) is 9.78 Å². The molecule has 202 valence electrons. The Hall–Kier alpha value is -4.16. The number of aromatic nitrogens is 2. The standard InChI is InChI=1S/C33H30ClN3O3/c1-32(2)24(20-11-13-21(14-12-20)31(39)40)15-17-33(3)19-37(18-16-27(32)33)30(38)23-8-5-4-7-22(23)29-35-26-10-6-9-25(34)28(26)36-29/h4-16H,17-19H2,1-3H3,(H,35,36)(H,39,40)/t33-/m1/s1. The maximum atomic E-state index is 14.0. The van der Waals surface area contributed by atoms with E-state index in [1.165, 1.54) is 11.1 Å². The first kappa shape index (κ1) is 26.1. The summed E-state index contributed by atoms with van der Waals surface area (Å²) in [6.45, 7) is 7.77. The lowest BCUT2D eigenvalue weighted by Crippen LogP contribution is -2.48. The number of nitrogens with one attached hydrogen (secondary N) is 1. The van der Waals surface area contributed by atoms with Crippen LogP contribution in [-0.4, -0.2) is 44.9 Å². The molecule has 7 heteroatoms. The summed E-state index contributed by atoms with van der Waals surface area (Å²) in [6, 6.07) is 20.3. The molecule has 0 radical (unpaired) electrons. The Morgan fingerprint density at radius 3 is 2.45 bits per heavy atom. The van der Waals surface area contributed by atoms with Crippen molar-refractivity contribution in [2.45, 2.75) is 27.2 Å². The van der Waals surface area contributed by atoms with Crippen LogP contribution in [0.5, 0.6) is 0 Å². The minimum Gasteiger partial charge on any atom is -0.478 e. The lowest BCUT2D eigenvalue weighted by Gasteiger charge is -2.50. The predicted molar refractivity (Wildman–Crippen MR) is 158 cm³/mol. The number of halogens is 1. The summed E-state index contributed by atoms with van der Waals surface area (Å²) in [6.07, 6.45) is 5.25. The molecule has 3 aromatic carbocycles. The zero-order chi connectivity index (χ0) is 28.2. The van der Waals surface area contributed by atoms with E-state index in [-0.39, 0.29) is 22.3 Å². The number of hydrogen-bond donors (Lipinski definition) is 2. The number of aromatic carboxylic acids is 1. The minimum atomic E-state index is -0.929. The van der Waals surface area contributed by atoms with Crippen molar-refractivity contribution in [3.05, 3.63) is 106 Å². The predicted octanol–water partition coefficient (Wildman–Crippen LogP) is 7.48. The second-order valence-electron chi connectivity index (χ2n) is 11.5. The number of para-hydroxylation sites is 1. The van der Waals surface area contributed by atoms with E-state index in [1.807, 2.05) is 53.4 Å². The van der Waals surface area contributed by atoms with Crippen molar-refractivity contribution >= 4 is 40.1 Å². The fourth-order valence-electron chi connectivity index (χ4n) is 6.53. The molecule has 2 aliphatic rings. The van der Waals surface area contributed by atoms with Gasteiger partial charge in [0.05, 0.1) is 21.7 Å². The number of amides is 1. The van der Waals surface area contributed by atoms with E-state index in [1.54, 1.807) is 18.2 Å². The molecule has 1 atom stereocenters. The topological polar surface area (TPSA) is 86.3 Å². The van der Waals surface area contributed by atoms with Gasteiger partial charge in [-0.1, -0.05) is 86.5 Å². The zero-order valence-corrected chi connectivity index (χ0v) is 23.4. The molecule has 6 nitrogen and oxygen atoms in total. The molecule has 0 spiro atoms. The Labute approximate surface area is 238 Å². The lowest BCUT2D eigenvalue weighted by molar-refractivity contribution is 0.0679. The zero-order valence-electron chi connectivity index (χ0n) is 22.7. The number of nitrogens with zero attached hydrogens (tertiary/aromatic N) is 2. The van der Waals surface area contributed by atoms with Crippen LogP contribution in [0.15, 0.2) is 84.5 Å². The summed E-state index contributed by atoms with van der Waals surface area (Å²) in [4.78, 5) is 35.3. The Morgan fingerprint density at radius 1 is 0.975 bits per heavy atom. The van der Waals surface area contributed by atoms with E-state index in [2.05, 4.69) is 37.9 Å². The summed E-state index contributed by atoms with van der Waals surface area (Å²) >= 11 is 6.36. The summed E-state index contributed by atoms with van der Waals surface area (Å²) < 4.78 is 0. The third-order valence-corrected chi connectivity index (χ3v) is 8.72. The van der Waals surface area contributed by atoms with Gasteiger partial charge in [0.2, 0.25) is 0 Å². The number of carbonyl (C=O) groups is 2. The van der Waals surface area contributed by atoms with Gasteiger partial charge >= 0.3 is 5.97 Å². The number of carbonyl (C=O) groups excluding carboxylic acids is 1. The summed E-state index contributed by atoms with van der Waals surface area (Å²) in [5.74, 6) is -0.344. The van der Waals surface area contributed by atoms with Crippen LogP contribution in [0.25, 0.3) is 28.0 Å². The van der Waals surface area contributed by atoms with Crippen LogP contribution in [0.3, 0.4) is 0 Å². The molecule has 0 saturated carbocycles. The third kappa shape index (κ3) is 4.23. The number of carboxylic acid groups (broad SMARTS) is 1. The number of carboxylic acids is 1. The van der Waals surface area contributed by atoms with E-state index in [0.717, 1.165) is 23.1 Å². The van der Waals surface area contributed by atoms with Gasteiger partial charge in [-0.3, -0.25) is 4.79 Å². The second-order valence-corrected chi connectivity index (χ2v) is 11.9. The third-order valence-electron chi connectivity index (χ3n) is 8.42. The number of fused-ring (bicyclic) bond motifs is 2. The van der Waals surface area contributed by atoms with Gasteiger partial charge in [-0.15, -0.1) is 0 Å². The first-order valence-electron chi connectivity index (χ1n) is 13.4. The number of benzene rings is 3. The van der Waals surface area contributed by atoms with Crippen molar-refractivity contribution in [2.75, 3.05) is 13.1 Å². The fourth-order valence-corrected chi connectivity index (χ4v) is 6.74. The quantitative estimate of drug-likeness (QED) is 0.257. The average molecular weight is 552 g/mol. The van der Waals surface area contributed by atoms with Crippen molar-refractivity contribution in [1.82, 2.24) is 14.9 Å². The summed E-state index contributed by atoms with van der Waals surface area (Å²) in [7, 11) is 0. The Kier molecular flexibility index (Phi) is 6.19. The number of imidazole rings is 1. The molecule has 1 amide bonds. The van der Waals surface area contributed by atoms with E-state index >= 15 is 0 Å². The molecule has 0 fully saturated rings. The Bertz CT molecular complexity index is 1730.